The maximum absolute atomic E-state index is 14.2. The number of carbonyl (C=O) groups is 2. The van der Waals surface area contributed by atoms with Crippen molar-refractivity contribution in [3.8, 4) is 0 Å². The number of hydrogen-bond acceptors (Lipinski definition) is 6. The zero-order valence-electron chi connectivity index (χ0n) is 20.6. The Bertz CT molecular complexity index is 1310. The van der Waals surface area contributed by atoms with Crippen molar-refractivity contribution in [2.45, 2.75) is 43.0 Å². The molecule has 37 heavy (non-hydrogen) atoms. The van der Waals surface area contributed by atoms with E-state index in [-0.39, 0.29) is 54.9 Å². The van der Waals surface area contributed by atoms with E-state index in [1.54, 1.807) is 0 Å². The number of halogens is 3. The van der Waals surface area contributed by atoms with Gasteiger partial charge in [-0.05, 0) is 47.9 Å². The second-order valence-electron chi connectivity index (χ2n) is 9.42. The maximum atomic E-state index is 14.2. The Morgan fingerprint density at radius 2 is 1.68 bits per heavy atom. The van der Waals surface area contributed by atoms with E-state index in [1.807, 2.05) is 0 Å². The average Bonchev–Trinajstić information content (AvgIpc) is 3.23. The average molecular weight is 540 g/mol. The fourth-order valence-electron chi connectivity index (χ4n) is 4.86. The first kappa shape index (κ1) is 27.1. The van der Waals surface area contributed by atoms with Gasteiger partial charge < -0.3 is 15.0 Å². The summed E-state index contributed by atoms with van der Waals surface area (Å²) in [5.74, 6) is -0.931. The van der Waals surface area contributed by atoms with Gasteiger partial charge in [-0.1, -0.05) is 18.2 Å². The number of amides is 2. The lowest BCUT2D eigenvalue weighted by molar-refractivity contribution is -0.240. The number of ether oxygens (including phenoxy) is 1. The number of hydrogen-bond donors (Lipinski definition) is 1. The van der Waals surface area contributed by atoms with Crippen molar-refractivity contribution in [2.75, 3.05) is 37.9 Å². The lowest BCUT2D eigenvalue weighted by atomic mass is 9.88. The van der Waals surface area contributed by atoms with Crippen LogP contribution in [0.4, 0.5) is 18.9 Å². The van der Waals surface area contributed by atoms with Crippen LogP contribution in [0.1, 0.15) is 36.6 Å². The lowest BCUT2D eigenvalue weighted by Gasteiger charge is -2.44. The van der Waals surface area contributed by atoms with Crippen molar-refractivity contribution in [1.82, 2.24) is 9.80 Å². The molecule has 2 amide bonds. The monoisotopic (exact) mass is 539 g/mol. The molecule has 2 aliphatic rings. The summed E-state index contributed by atoms with van der Waals surface area (Å²) in [5, 5.41) is 2.69. The lowest BCUT2D eigenvalue weighted by Crippen LogP contribution is -2.57. The minimum Gasteiger partial charge on any atom is -0.379 e. The van der Waals surface area contributed by atoms with Crippen molar-refractivity contribution in [3.63, 3.8) is 0 Å². The van der Waals surface area contributed by atoms with Crippen LogP contribution in [-0.4, -0.2) is 68.8 Å². The Labute approximate surface area is 213 Å². The quantitative estimate of drug-likeness (QED) is 0.627. The van der Waals surface area contributed by atoms with Gasteiger partial charge in [0.15, 0.2) is 9.84 Å². The summed E-state index contributed by atoms with van der Waals surface area (Å²) in [5.41, 5.74) is -0.893. The first-order valence-electron chi connectivity index (χ1n) is 11.6. The summed E-state index contributed by atoms with van der Waals surface area (Å²) in [6.07, 6.45) is -3.47. The number of carbonyl (C=O) groups excluding carboxylic acids is 2. The van der Waals surface area contributed by atoms with Crippen LogP contribution in [0.3, 0.4) is 0 Å². The highest BCUT2D eigenvalue weighted by Gasteiger charge is 2.56. The molecule has 2 heterocycles. The van der Waals surface area contributed by atoms with Gasteiger partial charge in [0.05, 0.1) is 18.1 Å². The normalized spacial score (nSPS) is 20.3. The highest BCUT2D eigenvalue weighted by Crippen LogP contribution is 2.44. The minimum absolute atomic E-state index is 0.0322. The molecule has 4 rings (SSSR count). The summed E-state index contributed by atoms with van der Waals surface area (Å²) in [6, 6.07) is 8.82. The first-order valence-corrected chi connectivity index (χ1v) is 13.5. The molecule has 200 valence electrons. The van der Waals surface area contributed by atoms with Crippen LogP contribution in [0.5, 0.6) is 0 Å². The highest BCUT2D eigenvalue weighted by molar-refractivity contribution is 7.90. The van der Waals surface area contributed by atoms with Crippen LogP contribution in [0.25, 0.3) is 0 Å². The molecule has 2 atom stereocenters. The van der Waals surface area contributed by atoms with Crippen LogP contribution < -0.4 is 5.32 Å². The van der Waals surface area contributed by atoms with E-state index in [1.165, 1.54) is 59.2 Å². The molecule has 1 saturated heterocycles. The molecule has 2 aromatic rings. The van der Waals surface area contributed by atoms with Crippen molar-refractivity contribution in [1.29, 1.82) is 0 Å². The molecule has 1 fully saturated rings. The largest absolute Gasteiger partial charge is 0.410 e. The van der Waals surface area contributed by atoms with Crippen LogP contribution in [0.15, 0.2) is 47.4 Å². The Hall–Kier alpha value is -2.96. The second-order valence-corrected chi connectivity index (χ2v) is 11.4. The minimum atomic E-state index is -4.55. The van der Waals surface area contributed by atoms with Gasteiger partial charge in [0.2, 0.25) is 5.91 Å². The molecule has 0 radical (unpaired) electrons. The first-order chi connectivity index (χ1) is 17.2. The molecule has 1 N–H and O–H groups in total. The molecule has 12 heteroatoms. The smallest absolute Gasteiger partial charge is 0.379 e. The number of nitrogens with zero attached hydrogens (tertiary/aromatic N) is 2. The third-order valence-corrected chi connectivity index (χ3v) is 8.16. The van der Waals surface area contributed by atoms with Crippen molar-refractivity contribution >= 4 is 27.3 Å². The number of anilines is 1. The number of morpholine rings is 1. The van der Waals surface area contributed by atoms with E-state index in [4.69, 9.17) is 4.74 Å². The molecule has 0 aliphatic carbocycles. The van der Waals surface area contributed by atoms with Crippen LogP contribution in [-0.2, 0) is 36.2 Å². The van der Waals surface area contributed by atoms with Crippen LogP contribution in [0.2, 0.25) is 0 Å². The van der Waals surface area contributed by atoms with E-state index in [0.29, 0.717) is 11.1 Å². The fourth-order valence-corrected chi connectivity index (χ4v) is 5.53. The fraction of sp³-hybridized carbons (Fsp3) is 0.440. The van der Waals surface area contributed by atoms with E-state index >= 15 is 0 Å². The molecule has 0 aromatic heterocycles. The maximum Gasteiger partial charge on any atom is 0.410 e. The highest BCUT2D eigenvalue weighted by atomic mass is 32.2. The molecular weight excluding hydrogens is 511 g/mol. The third-order valence-electron chi connectivity index (χ3n) is 7.05. The van der Waals surface area contributed by atoms with Gasteiger partial charge in [0, 0.05) is 38.5 Å². The van der Waals surface area contributed by atoms with Gasteiger partial charge in [-0.15, -0.1) is 0 Å². The molecule has 0 bridgehead atoms. The molecule has 0 saturated carbocycles. The second kappa shape index (κ2) is 9.73. The predicted octanol–water partition coefficient (Wildman–Crippen LogP) is 3.24. The Balaban J connectivity index is 1.59. The topological polar surface area (TPSA) is 96.0 Å². The van der Waals surface area contributed by atoms with Crippen LogP contribution >= 0.6 is 0 Å². The zero-order valence-corrected chi connectivity index (χ0v) is 21.4. The van der Waals surface area contributed by atoms with Crippen LogP contribution in [0, 0.1) is 0 Å². The predicted molar refractivity (Wildman–Crippen MR) is 129 cm³/mol. The number of fused-ring (bicyclic) bond motifs is 1. The molecule has 2 unspecified atom stereocenters. The van der Waals surface area contributed by atoms with E-state index < -0.39 is 33.5 Å². The summed E-state index contributed by atoms with van der Waals surface area (Å²) < 4.78 is 71.7. The Kier molecular flexibility index (Phi) is 7.12. The van der Waals surface area contributed by atoms with E-state index in [9.17, 15) is 31.2 Å². The van der Waals surface area contributed by atoms with Crippen molar-refractivity contribution in [2.24, 2.45) is 0 Å². The Morgan fingerprint density at radius 3 is 2.22 bits per heavy atom. The summed E-state index contributed by atoms with van der Waals surface area (Å²) in [7, 11) is -3.48. The molecule has 8 nitrogen and oxygen atoms in total. The molecular formula is C25H28F3N3O5S. The molecule has 2 aliphatic heterocycles. The number of benzene rings is 2. The van der Waals surface area contributed by atoms with Gasteiger partial charge in [-0.25, -0.2) is 8.42 Å². The molecule has 2 aromatic carbocycles. The zero-order chi connectivity index (χ0) is 27.2. The standard InChI is InChI=1S/C25H28F3N3O5S/c1-16(32)31-15-17-14-20(37(3,34)35)8-9-21(17)22(31)23(33)29-19-6-4-18(5-7-19)24(2,25(26,27)28)30-10-12-36-13-11-30/h4-9,14,22H,10-13,15H2,1-3H3,(H,29,33). The van der Waals surface area contributed by atoms with Gasteiger partial charge in [-0.3, -0.25) is 14.5 Å². The number of rotatable bonds is 5. The number of alkyl halides is 3. The Morgan fingerprint density at radius 1 is 1.05 bits per heavy atom. The SMILES string of the molecule is CC(=O)N1Cc2cc(S(C)(=O)=O)ccc2C1C(=O)Nc1ccc(C(C)(N2CCOCC2)C(F)(F)F)cc1. The summed E-state index contributed by atoms with van der Waals surface area (Å²) in [6.45, 7) is 3.20. The van der Waals surface area contributed by atoms with Crippen molar-refractivity contribution in [3.05, 3.63) is 59.2 Å². The third kappa shape index (κ3) is 5.10. The van der Waals surface area contributed by atoms with Gasteiger partial charge in [-0.2, -0.15) is 13.2 Å². The molecule has 0 spiro atoms. The van der Waals surface area contributed by atoms with Crippen molar-refractivity contribution < 1.29 is 35.9 Å². The van der Waals surface area contributed by atoms with Gasteiger partial charge >= 0.3 is 6.18 Å². The summed E-state index contributed by atoms with van der Waals surface area (Å²) in [4.78, 5) is 28.3. The van der Waals surface area contributed by atoms with E-state index in [2.05, 4.69) is 5.32 Å². The van der Waals surface area contributed by atoms with Gasteiger partial charge in [0.1, 0.15) is 11.6 Å². The number of nitrogens with one attached hydrogen (secondary N) is 1. The number of sulfone groups is 1. The van der Waals surface area contributed by atoms with E-state index in [0.717, 1.165) is 13.2 Å². The van der Waals surface area contributed by atoms with Gasteiger partial charge in [0.25, 0.3) is 5.91 Å². The summed E-state index contributed by atoms with van der Waals surface area (Å²) >= 11 is 0.